The van der Waals surface area contributed by atoms with Crippen LogP contribution in [0.2, 0.25) is 0 Å². The molecule has 9 heteroatoms. The maximum atomic E-state index is 13.0. The van der Waals surface area contributed by atoms with Gasteiger partial charge in [0.15, 0.2) is 0 Å². The van der Waals surface area contributed by atoms with Crippen molar-refractivity contribution < 1.29 is 17.9 Å². The van der Waals surface area contributed by atoms with E-state index in [1.807, 2.05) is 44.2 Å². The minimum Gasteiger partial charge on any atom is -0.492 e. The van der Waals surface area contributed by atoms with Gasteiger partial charge in [-0.3, -0.25) is 4.79 Å². The van der Waals surface area contributed by atoms with Gasteiger partial charge in [-0.2, -0.15) is 4.31 Å². The van der Waals surface area contributed by atoms with Crippen molar-refractivity contribution >= 4 is 44.3 Å². The lowest BCUT2D eigenvalue weighted by atomic mass is 10.1. The number of thioether (sulfide) groups is 1. The lowest BCUT2D eigenvalue weighted by Crippen LogP contribution is -2.35. The number of hydrogen-bond acceptors (Lipinski definition) is 6. The van der Waals surface area contributed by atoms with Crippen molar-refractivity contribution in [3.8, 4) is 5.75 Å². The van der Waals surface area contributed by atoms with E-state index in [9.17, 15) is 13.2 Å². The van der Waals surface area contributed by atoms with Gasteiger partial charge in [-0.15, -0.1) is 0 Å². The van der Waals surface area contributed by atoms with Gasteiger partial charge in [-0.25, -0.2) is 13.4 Å². The molecule has 1 fully saturated rings. The molecule has 180 valence electrons. The van der Waals surface area contributed by atoms with E-state index in [0.717, 1.165) is 30.2 Å². The highest BCUT2D eigenvalue weighted by molar-refractivity contribution is 7.99. The number of amides is 1. The Morgan fingerprint density at radius 2 is 1.88 bits per heavy atom. The summed E-state index contributed by atoms with van der Waals surface area (Å²) in [6.45, 7) is 5.50. The van der Waals surface area contributed by atoms with Gasteiger partial charge in [-0.1, -0.05) is 30.3 Å². The minimum atomic E-state index is -3.50. The number of para-hydroxylation sites is 2. The number of aryl methyl sites for hydroxylation is 1. The molecule has 0 radical (unpaired) electrons. The number of anilines is 1. The van der Waals surface area contributed by atoms with Crippen LogP contribution in [0.15, 0.2) is 58.5 Å². The Morgan fingerprint density at radius 1 is 1.12 bits per heavy atom. The molecule has 1 saturated heterocycles. The molecule has 4 rings (SSSR count). The number of pyridine rings is 1. The average Bonchev–Trinajstić information content (AvgIpc) is 2.84. The SMILES string of the molecule is CCOc1ccccc1NC(=O)CSc1cc(C)c2cc(S(=O)(=O)N3CCCCC3)ccc2n1. The fourth-order valence-corrected chi connectivity index (χ4v) is 6.33. The zero-order valence-corrected chi connectivity index (χ0v) is 21.0. The van der Waals surface area contributed by atoms with Gasteiger partial charge in [0, 0.05) is 18.5 Å². The van der Waals surface area contributed by atoms with Crippen molar-refractivity contribution in [1.82, 2.24) is 9.29 Å². The quantitative estimate of drug-likeness (QED) is 0.446. The van der Waals surface area contributed by atoms with Crippen molar-refractivity contribution in [3.05, 3.63) is 54.1 Å². The number of carbonyl (C=O) groups is 1. The molecular formula is C25H29N3O4S2. The summed E-state index contributed by atoms with van der Waals surface area (Å²) in [5, 5.41) is 4.40. The first-order valence-electron chi connectivity index (χ1n) is 11.4. The molecular weight excluding hydrogens is 470 g/mol. The number of carbonyl (C=O) groups excluding carboxylic acids is 1. The third-order valence-electron chi connectivity index (χ3n) is 5.73. The number of hydrogen-bond donors (Lipinski definition) is 1. The lowest BCUT2D eigenvalue weighted by molar-refractivity contribution is -0.113. The van der Waals surface area contributed by atoms with Gasteiger partial charge in [0.05, 0.1) is 33.5 Å². The summed E-state index contributed by atoms with van der Waals surface area (Å²) in [7, 11) is -3.50. The largest absolute Gasteiger partial charge is 0.492 e. The van der Waals surface area contributed by atoms with Gasteiger partial charge in [0.2, 0.25) is 15.9 Å². The fraction of sp³-hybridized carbons (Fsp3) is 0.360. The zero-order valence-electron chi connectivity index (χ0n) is 19.4. The summed E-state index contributed by atoms with van der Waals surface area (Å²) < 4.78 is 33.2. The van der Waals surface area contributed by atoms with Crippen molar-refractivity contribution in [2.75, 3.05) is 30.8 Å². The van der Waals surface area contributed by atoms with Crippen LogP contribution in [-0.2, 0) is 14.8 Å². The second kappa shape index (κ2) is 10.8. The Hall–Kier alpha value is -2.62. The molecule has 2 aromatic carbocycles. The first-order valence-corrected chi connectivity index (χ1v) is 13.9. The smallest absolute Gasteiger partial charge is 0.243 e. The van der Waals surface area contributed by atoms with E-state index in [1.165, 1.54) is 11.8 Å². The number of sulfonamides is 1. The first kappa shape index (κ1) is 24.5. The van der Waals surface area contributed by atoms with Gasteiger partial charge >= 0.3 is 0 Å². The van der Waals surface area contributed by atoms with E-state index in [0.29, 0.717) is 46.6 Å². The maximum absolute atomic E-state index is 13.0. The molecule has 0 unspecified atom stereocenters. The molecule has 7 nitrogen and oxygen atoms in total. The summed E-state index contributed by atoms with van der Waals surface area (Å²) in [6, 6.07) is 14.3. The predicted molar refractivity (Wildman–Crippen MR) is 136 cm³/mol. The summed E-state index contributed by atoms with van der Waals surface area (Å²) in [5.74, 6) is 0.679. The number of benzene rings is 2. The van der Waals surface area contributed by atoms with Gasteiger partial charge < -0.3 is 10.1 Å². The van der Waals surface area contributed by atoms with Crippen LogP contribution < -0.4 is 10.1 Å². The second-order valence-electron chi connectivity index (χ2n) is 8.19. The van der Waals surface area contributed by atoms with Crippen LogP contribution in [-0.4, -0.2) is 49.1 Å². The van der Waals surface area contributed by atoms with Gasteiger partial charge in [0.25, 0.3) is 0 Å². The number of ether oxygens (including phenoxy) is 1. The number of piperidine rings is 1. The molecule has 0 atom stereocenters. The summed E-state index contributed by atoms with van der Waals surface area (Å²) >= 11 is 1.34. The summed E-state index contributed by atoms with van der Waals surface area (Å²) in [5.41, 5.74) is 2.27. The normalized spacial score (nSPS) is 14.8. The Kier molecular flexibility index (Phi) is 7.75. The highest BCUT2D eigenvalue weighted by Gasteiger charge is 2.26. The van der Waals surface area contributed by atoms with Crippen LogP contribution >= 0.6 is 11.8 Å². The summed E-state index contributed by atoms with van der Waals surface area (Å²) in [4.78, 5) is 17.5. The highest BCUT2D eigenvalue weighted by Crippen LogP contribution is 2.29. The van der Waals surface area contributed by atoms with E-state index in [1.54, 1.807) is 22.5 Å². The second-order valence-corrected chi connectivity index (χ2v) is 11.1. The third-order valence-corrected chi connectivity index (χ3v) is 8.53. The molecule has 2 heterocycles. The number of rotatable bonds is 8. The van der Waals surface area contributed by atoms with E-state index >= 15 is 0 Å². The predicted octanol–water partition coefficient (Wildman–Crippen LogP) is 4.85. The monoisotopic (exact) mass is 499 g/mol. The summed E-state index contributed by atoms with van der Waals surface area (Å²) in [6.07, 6.45) is 2.88. The Morgan fingerprint density at radius 3 is 2.65 bits per heavy atom. The van der Waals surface area contributed by atoms with Crippen molar-refractivity contribution in [1.29, 1.82) is 0 Å². The molecule has 0 saturated carbocycles. The molecule has 3 aromatic rings. The van der Waals surface area contributed by atoms with Crippen molar-refractivity contribution in [2.45, 2.75) is 43.0 Å². The topological polar surface area (TPSA) is 88.6 Å². The molecule has 0 aliphatic carbocycles. The van der Waals surface area contributed by atoms with Crippen LogP contribution in [0.1, 0.15) is 31.7 Å². The molecule has 1 aliphatic heterocycles. The van der Waals surface area contributed by atoms with Crippen molar-refractivity contribution in [2.24, 2.45) is 0 Å². The van der Waals surface area contributed by atoms with Crippen molar-refractivity contribution in [3.63, 3.8) is 0 Å². The van der Waals surface area contributed by atoms with Gasteiger partial charge in [-0.05, 0) is 68.7 Å². The Balaban J connectivity index is 1.47. The number of fused-ring (bicyclic) bond motifs is 1. The van der Waals surface area contributed by atoms with E-state index in [2.05, 4.69) is 10.3 Å². The molecule has 0 bridgehead atoms. The minimum absolute atomic E-state index is 0.153. The first-order chi connectivity index (χ1) is 16.4. The van der Waals surface area contributed by atoms with Crippen LogP contribution in [0.25, 0.3) is 10.9 Å². The molecule has 34 heavy (non-hydrogen) atoms. The molecule has 1 aromatic heterocycles. The van der Waals surface area contributed by atoms with Crippen LogP contribution in [0.3, 0.4) is 0 Å². The molecule has 0 spiro atoms. The zero-order chi connectivity index (χ0) is 24.1. The Bertz CT molecular complexity index is 1290. The van der Waals surface area contributed by atoms with Crippen LogP contribution in [0.4, 0.5) is 5.69 Å². The average molecular weight is 500 g/mol. The van der Waals surface area contributed by atoms with E-state index < -0.39 is 10.0 Å². The highest BCUT2D eigenvalue weighted by atomic mass is 32.2. The number of aromatic nitrogens is 1. The maximum Gasteiger partial charge on any atom is 0.243 e. The number of nitrogens with one attached hydrogen (secondary N) is 1. The number of nitrogens with zero attached hydrogens (tertiary/aromatic N) is 2. The van der Waals surface area contributed by atoms with E-state index in [-0.39, 0.29) is 11.7 Å². The molecule has 1 aliphatic rings. The standard InChI is InChI=1S/C25H29N3O4S2/c1-3-32-23-10-6-5-9-22(23)26-24(29)17-33-25-15-18(2)20-16-19(11-12-21(20)27-25)34(30,31)28-13-7-4-8-14-28/h5-6,9-12,15-16H,3-4,7-8,13-14,17H2,1-2H3,(H,26,29). The third kappa shape index (κ3) is 5.54. The molecule has 1 amide bonds. The van der Waals surface area contributed by atoms with Crippen LogP contribution in [0, 0.1) is 6.92 Å². The van der Waals surface area contributed by atoms with E-state index in [4.69, 9.17) is 4.74 Å². The lowest BCUT2D eigenvalue weighted by Gasteiger charge is -2.26. The molecule has 1 N–H and O–H groups in total. The Labute approximate surface area is 205 Å². The van der Waals surface area contributed by atoms with Crippen LogP contribution in [0.5, 0.6) is 5.75 Å². The van der Waals surface area contributed by atoms with Gasteiger partial charge in [0.1, 0.15) is 5.75 Å². The fourth-order valence-electron chi connectivity index (χ4n) is 4.01.